The van der Waals surface area contributed by atoms with E-state index < -0.39 is 10.0 Å². The molecule has 2 atom stereocenters. The summed E-state index contributed by atoms with van der Waals surface area (Å²) in [6.45, 7) is 2.11. The lowest BCUT2D eigenvalue weighted by molar-refractivity contribution is 0.282. The van der Waals surface area contributed by atoms with Crippen LogP contribution in [-0.4, -0.2) is 23.8 Å². The van der Waals surface area contributed by atoms with Crippen molar-refractivity contribution < 1.29 is 8.42 Å². The maximum Gasteiger partial charge on any atom is 0.260 e. The predicted octanol–water partition coefficient (Wildman–Crippen LogP) is 2.23. The first-order chi connectivity index (χ1) is 10.0. The number of nitrogen functional groups attached to an aromatic ring is 1. The SMILES string of the molecule is CCC1CCCCC1NS(=O)(=O)c1c(N)nc2sccn12. The van der Waals surface area contributed by atoms with Crippen molar-refractivity contribution >= 4 is 32.1 Å². The summed E-state index contributed by atoms with van der Waals surface area (Å²) in [5, 5.41) is 1.87. The normalized spacial score (nSPS) is 23.7. The number of hydrogen-bond donors (Lipinski definition) is 2. The second-order valence-corrected chi connectivity index (χ2v) is 8.04. The molecule has 116 valence electrons. The van der Waals surface area contributed by atoms with E-state index in [0.717, 1.165) is 25.7 Å². The van der Waals surface area contributed by atoms with Crippen molar-refractivity contribution in [2.75, 3.05) is 5.73 Å². The van der Waals surface area contributed by atoms with Gasteiger partial charge in [0.25, 0.3) is 10.0 Å². The van der Waals surface area contributed by atoms with E-state index >= 15 is 0 Å². The molecule has 2 aromatic rings. The number of nitrogens with one attached hydrogen (secondary N) is 1. The largest absolute Gasteiger partial charge is 0.381 e. The van der Waals surface area contributed by atoms with Gasteiger partial charge in [0.05, 0.1) is 0 Å². The zero-order valence-electron chi connectivity index (χ0n) is 11.9. The van der Waals surface area contributed by atoms with Crippen LogP contribution in [0.25, 0.3) is 4.96 Å². The van der Waals surface area contributed by atoms with E-state index in [9.17, 15) is 8.42 Å². The van der Waals surface area contributed by atoms with E-state index in [4.69, 9.17) is 5.73 Å². The minimum absolute atomic E-state index is 0.00247. The Morgan fingerprint density at radius 1 is 1.48 bits per heavy atom. The van der Waals surface area contributed by atoms with Crippen molar-refractivity contribution in [3.8, 4) is 0 Å². The van der Waals surface area contributed by atoms with Crippen molar-refractivity contribution in [3.05, 3.63) is 11.6 Å². The van der Waals surface area contributed by atoms with Gasteiger partial charge in [-0.15, -0.1) is 11.3 Å². The summed E-state index contributed by atoms with van der Waals surface area (Å²) in [7, 11) is -3.65. The molecule has 3 rings (SSSR count). The molecular weight excluding hydrogens is 308 g/mol. The number of nitrogens with two attached hydrogens (primary N) is 1. The van der Waals surface area contributed by atoms with Crippen LogP contribution in [-0.2, 0) is 10.0 Å². The highest BCUT2D eigenvalue weighted by atomic mass is 32.2. The monoisotopic (exact) mass is 328 g/mol. The Hall–Kier alpha value is -1.12. The van der Waals surface area contributed by atoms with Gasteiger partial charge in [-0.25, -0.2) is 18.1 Å². The third-order valence-corrected chi connectivity index (χ3v) is 6.52. The van der Waals surface area contributed by atoms with Crippen LogP contribution < -0.4 is 10.5 Å². The van der Waals surface area contributed by atoms with Crippen LogP contribution >= 0.6 is 11.3 Å². The summed E-state index contributed by atoms with van der Waals surface area (Å²) >= 11 is 1.37. The Labute approximate surface area is 128 Å². The molecule has 0 amide bonds. The molecule has 8 heteroatoms. The van der Waals surface area contributed by atoms with Crippen molar-refractivity contribution in [2.45, 2.75) is 50.1 Å². The first kappa shape index (κ1) is 14.8. The fourth-order valence-corrected chi connectivity index (χ4v) is 5.48. The van der Waals surface area contributed by atoms with Gasteiger partial charge in [-0.2, -0.15) is 0 Å². The van der Waals surface area contributed by atoms with Crippen LogP contribution in [0.15, 0.2) is 16.6 Å². The second kappa shape index (κ2) is 5.58. The third kappa shape index (κ3) is 2.67. The first-order valence-corrected chi connectivity index (χ1v) is 9.62. The molecule has 6 nitrogen and oxygen atoms in total. The van der Waals surface area contributed by atoms with Crippen molar-refractivity contribution in [3.63, 3.8) is 0 Å². The van der Waals surface area contributed by atoms with Gasteiger partial charge in [0.1, 0.15) is 0 Å². The topological polar surface area (TPSA) is 89.5 Å². The average Bonchev–Trinajstić information content (AvgIpc) is 2.98. The number of sulfonamides is 1. The minimum atomic E-state index is -3.65. The molecule has 1 aliphatic rings. The van der Waals surface area contributed by atoms with Crippen LogP contribution in [0, 0.1) is 5.92 Å². The fourth-order valence-electron chi connectivity index (χ4n) is 3.16. The van der Waals surface area contributed by atoms with Gasteiger partial charge in [0.2, 0.25) is 0 Å². The van der Waals surface area contributed by atoms with Crippen LogP contribution in [0.4, 0.5) is 5.82 Å². The van der Waals surface area contributed by atoms with Gasteiger partial charge in [-0.1, -0.05) is 26.2 Å². The standard InChI is InChI=1S/C13H20N4O2S2/c1-2-9-5-3-4-6-10(9)16-21(18,19)12-11(14)15-13-17(12)7-8-20-13/h7-10,16H,2-6,14H2,1H3. The van der Waals surface area contributed by atoms with E-state index in [1.54, 1.807) is 16.0 Å². The Morgan fingerprint density at radius 2 is 2.24 bits per heavy atom. The summed E-state index contributed by atoms with van der Waals surface area (Å²) < 4.78 is 29.8. The number of hydrogen-bond acceptors (Lipinski definition) is 5. The number of fused-ring (bicyclic) bond motifs is 1. The van der Waals surface area contributed by atoms with Gasteiger partial charge in [-0.05, 0) is 18.8 Å². The molecule has 0 aliphatic heterocycles. The highest BCUT2D eigenvalue weighted by Gasteiger charge is 2.31. The quantitative estimate of drug-likeness (QED) is 0.900. The predicted molar refractivity (Wildman–Crippen MR) is 83.8 cm³/mol. The fraction of sp³-hybridized carbons (Fsp3) is 0.615. The lowest BCUT2D eigenvalue weighted by atomic mass is 9.83. The number of aromatic nitrogens is 2. The second-order valence-electron chi connectivity index (χ2n) is 5.54. The summed E-state index contributed by atoms with van der Waals surface area (Å²) in [6.07, 6.45) is 6.90. The van der Waals surface area contributed by atoms with E-state index in [-0.39, 0.29) is 16.9 Å². The van der Waals surface area contributed by atoms with Gasteiger partial charge in [-0.3, -0.25) is 4.40 Å². The zero-order chi connectivity index (χ0) is 15.0. The molecule has 3 N–H and O–H groups in total. The Morgan fingerprint density at radius 3 is 3.00 bits per heavy atom. The van der Waals surface area contributed by atoms with Crippen molar-refractivity contribution in [2.24, 2.45) is 5.92 Å². The molecule has 2 heterocycles. The van der Waals surface area contributed by atoms with Crippen molar-refractivity contribution in [1.82, 2.24) is 14.1 Å². The summed E-state index contributed by atoms with van der Waals surface area (Å²) in [5.74, 6) is 0.471. The van der Waals surface area contributed by atoms with Gasteiger partial charge < -0.3 is 5.73 Å². The molecular formula is C13H20N4O2S2. The van der Waals surface area contributed by atoms with E-state index in [1.807, 2.05) is 0 Å². The minimum Gasteiger partial charge on any atom is -0.381 e. The summed E-state index contributed by atoms with van der Waals surface area (Å²) in [4.78, 5) is 4.71. The summed E-state index contributed by atoms with van der Waals surface area (Å²) in [6, 6.07) is -0.00247. The molecule has 2 unspecified atom stereocenters. The van der Waals surface area contributed by atoms with Gasteiger partial charge >= 0.3 is 0 Å². The summed E-state index contributed by atoms with van der Waals surface area (Å²) in [5.41, 5.74) is 5.81. The molecule has 0 aromatic carbocycles. The van der Waals surface area contributed by atoms with Crippen LogP contribution in [0.1, 0.15) is 39.0 Å². The Balaban J connectivity index is 1.93. The number of imidazole rings is 1. The highest BCUT2D eigenvalue weighted by Crippen LogP contribution is 2.29. The maximum absolute atomic E-state index is 12.7. The van der Waals surface area contributed by atoms with E-state index in [0.29, 0.717) is 10.9 Å². The molecule has 2 aromatic heterocycles. The molecule has 0 saturated heterocycles. The Kier molecular flexibility index (Phi) is 3.94. The molecule has 21 heavy (non-hydrogen) atoms. The number of nitrogens with zero attached hydrogens (tertiary/aromatic N) is 2. The molecule has 1 saturated carbocycles. The van der Waals surface area contributed by atoms with E-state index in [1.165, 1.54) is 17.8 Å². The molecule has 1 fully saturated rings. The van der Waals surface area contributed by atoms with E-state index in [2.05, 4.69) is 16.6 Å². The number of thiazole rings is 1. The van der Waals surface area contributed by atoms with Crippen LogP contribution in [0.2, 0.25) is 0 Å². The molecule has 1 aliphatic carbocycles. The number of anilines is 1. The molecule has 0 radical (unpaired) electrons. The van der Waals surface area contributed by atoms with Crippen LogP contribution in [0.3, 0.4) is 0 Å². The zero-order valence-corrected chi connectivity index (χ0v) is 13.6. The van der Waals surface area contributed by atoms with Crippen LogP contribution in [0.5, 0.6) is 0 Å². The lowest BCUT2D eigenvalue weighted by Gasteiger charge is -2.31. The third-order valence-electron chi connectivity index (χ3n) is 4.24. The smallest absolute Gasteiger partial charge is 0.260 e. The average molecular weight is 328 g/mol. The highest BCUT2D eigenvalue weighted by molar-refractivity contribution is 7.89. The first-order valence-electron chi connectivity index (χ1n) is 7.26. The molecule has 0 bridgehead atoms. The number of rotatable bonds is 4. The maximum atomic E-state index is 12.7. The van der Waals surface area contributed by atoms with Gasteiger partial charge in [0, 0.05) is 17.6 Å². The Bertz CT molecular complexity index is 735. The lowest BCUT2D eigenvalue weighted by Crippen LogP contribution is -2.42. The van der Waals surface area contributed by atoms with Gasteiger partial charge in [0.15, 0.2) is 15.8 Å². The van der Waals surface area contributed by atoms with Crippen molar-refractivity contribution in [1.29, 1.82) is 0 Å². The molecule has 0 spiro atoms.